The van der Waals surface area contributed by atoms with Crippen LogP contribution < -0.4 is 10.6 Å². The lowest BCUT2D eigenvalue weighted by Crippen LogP contribution is -2.45. The van der Waals surface area contributed by atoms with Crippen LogP contribution in [-0.2, 0) is 0 Å². The van der Waals surface area contributed by atoms with Crippen molar-refractivity contribution in [2.24, 2.45) is 10.9 Å². The van der Waals surface area contributed by atoms with Crippen molar-refractivity contribution in [3.05, 3.63) is 24.2 Å². The molecule has 2 fully saturated rings. The first-order chi connectivity index (χ1) is 13.3. The van der Waals surface area contributed by atoms with Gasteiger partial charge in [-0.2, -0.15) is 0 Å². The first-order valence-electron chi connectivity index (χ1n) is 10.7. The van der Waals surface area contributed by atoms with Crippen LogP contribution >= 0.6 is 0 Å². The van der Waals surface area contributed by atoms with Crippen LogP contribution in [0, 0.1) is 5.92 Å². The summed E-state index contributed by atoms with van der Waals surface area (Å²) in [4.78, 5) is 9.54. The highest BCUT2D eigenvalue weighted by Gasteiger charge is 2.26. The minimum atomic E-state index is 0.276. The lowest BCUT2D eigenvalue weighted by Gasteiger charge is -2.32. The molecule has 0 aromatic carbocycles. The van der Waals surface area contributed by atoms with Crippen LogP contribution in [0.4, 0.5) is 0 Å². The van der Waals surface area contributed by atoms with Gasteiger partial charge in [-0.3, -0.25) is 9.89 Å². The van der Waals surface area contributed by atoms with E-state index < -0.39 is 0 Å². The third-order valence-electron chi connectivity index (χ3n) is 5.94. The number of rotatable bonds is 8. The van der Waals surface area contributed by atoms with Crippen molar-refractivity contribution < 1.29 is 4.42 Å². The van der Waals surface area contributed by atoms with Crippen molar-refractivity contribution in [3.8, 4) is 0 Å². The van der Waals surface area contributed by atoms with Crippen LogP contribution in [0.5, 0.6) is 0 Å². The number of hydrogen-bond donors (Lipinski definition) is 2. The van der Waals surface area contributed by atoms with E-state index in [1.54, 1.807) is 6.26 Å². The fourth-order valence-corrected chi connectivity index (χ4v) is 4.33. The zero-order valence-electron chi connectivity index (χ0n) is 17.1. The molecule has 27 heavy (non-hydrogen) atoms. The van der Waals surface area contributed by atoms with Crippen LogP contribution in [0.2, 0.25) is 0 Å². The second kappa shape index (κ2) is 10.7. The molecule has 1 aromatic rings. The molecule has 6 nitrogen and oxygen atoms in total. The average molecular weight is 376 g/mol. The summed E-state index contributed by atoms with van der Waals surface area (Å²) in [6.45, 7) is 10.1. The zero-order valence-corrected chi connectivity index (χ0v) is 17.1. The molecule has 3 heterocycles. The molecule has 0 aliphatic carbocycles. The van der Waals surface area contributed by atoms with Crippen LogP contribution in [0.1, 0.15) is 50.8 Å². The molecule has 152 valence electrons. The predicted molar refractivity (Wildman–Crippen MR) is 111 cm³/mol. The zero-order chi connectivity index (χ0) is 18.9. The van der Waals surface area contributed by atoms with Gasteiger partial charge in [-0.1, -0.05) is 6.92 Å². The molecule has 2 aliphatic rings. The number of aliphatic imine (C=N–C) groups is 1. The summed E-state index contributed by atoms with van der Waals surface area (Å²) < 4.78 is 5.71. The maximum Gasteiger partial charge on any atom is 0.191 e. The van der Waals surface area contributed by atoms with Crippen molar-refractivity contribution in [2.75, 3.05) is 52.9 Å². The van der Waals surface area contributed by atoms with Gasteiger partial charge in [-0.05, 0) is 82.9 Å². The molecule has 2 saturated heterocycles. The summed E-state index contributed by atoms with van der Waals surface area (Å²) in [6, 6.07) is 4.35. The number of likely N-dealkylation sites (tertiary alicyclic amines) is 2. The molecule has 2 aliphatic heterocycles. The summed E-state index contributed by atoms with van der Waals surface area (Å²) in [5, 5.41) is 7.08. The molecule has 0 radical (unpaired) electrons. The van der Waals surface area contributed by atoms with Crippen molar-refractivity contribution in [1.82, 2.24) is 20.4 Å². The van der Waals surface area contributed by atoms with Gasteiger partial charge >= 0.3 is 0 Å². The second-order valence-corrected chi connectivity index (χ2v) is 7.89. The van der Waals surface area contributed by atoms with Gasteiger partial charge in [0.25, 0.3) is 0 Å². The van der Waals surface area contributed by atoms with Gasteiger partial charge in [0.15, 0.2) is 5.96 Å². The Bertz CT molecular complexity index is 545. The Kier molecular flexibility index (Phi) is 8.02. The standard InChI is InChI=1S/C21H37N5O/c1-3-10-25-13-8-18(9-14-25)16-23-21(22-2)24-17-19(20-7-6-15-27-20)26-11-4-5-12-26/h6-7,15,18-19H,3-5,8-14,16-17H2,1-2H3,(H2,22,23,24). The monoisotopic (exact) mass is 375 g/mol. The fraction of sp³-hybridized carbons (Fsp3) is 0.762. The van der Waals surface area contributed by atoms with Gasteiger partial charge < -0.3 is 20.0 Å². The Morgan fingerprint density at radius 2 is 2.00 bits per heavy atom. The molecule has 1 atom stereocenters. The minimum absolute atomic E-state index is 0.276. The van der Waals surface area contributed by atoms with Gasteiger partial charge in [0.1, 0.15) is 5.76 Å². The summed E-state index contributed by atoms with van der Waals surface area (Å²) in [5.74, 6) is 2.70. The summed E-state index contributed by atoms with van der Waals surface area (Å²) in [6.07, 6.45) is 8.16. The van der Waals surface area contributed by atoms with Crippen molar-refractivity contribution >= 4 is 5.96 Å². The predicted octanol–water partition coefficient (Wildman–Crippen LogP) is 2.70. The molecule has 0 saturated carbocycles. The smallest absolute Gasteiger partial charge is 0.191 e. The van der Waals surface area contributed by atoms with Crippen LogP contribution in [0.3, 0.4) is 0 Å². The molecule has 3 rings (SSSR count). The first kappa shape index (κ1) is 20.2. The lowest BCUT2D eigenvalue weighted by molar-refractivity contribution is 0.185. The van der Waals surface area contributed by atoms with Gasteiger partial charge in [-0.25, -0.2) is 0 Å². The van der Waals surface area contributed by atoms with Crippen LogP contribution in [0.25, 0.3) is 0 Å². The Hall–Kier alpha value is -1.53. The quantitative estimate of drug-likeness (QED) is 0.540. The fourth-order valence-electron chi connectivity index (χ4n) is 4.33. The topological polar surface area (TPSA) is 56.0 Å². The Labute approximate surface area is 164 Å². The molecule has 0 spiro atoms. The molecule has 6 heteroatoms. The number of nitrogens with zero attached hydrogens (tertiary/aromatic N) is 3. The third kappa shape index (κ3) is 5.98. The van der Waals surface area contributed by atoms with E-state index in [1.165, 1.54) is 51.7 Å². The molecule has 0 amide bonds. The first-order valence-corrected chi connectivity index (χ1v) is 10.7. The van der Waals surface area contributed by atoms with Crippen LogP contribution in [-0.4, -0.2) is 68.6 Å². The maximum absolute atomic E-state index is 5.71. The maximum atomic E-state index is 5.71. The van der Waals surface area contributed by atoms with Crippen LogP contribution in [0.15, 0.2) is 27.8 Å². The van der Waals surface area contributed by atoms with Gasteiger partial charge in [0.2, 0.25) is 0 Å². The van der Waals surface area contributed by atoms with E-state index in [4.69, 9.17) is 4.42 Å². The molecule has 1 aromatic heterocycles. The molecule has 2 N–H and O–H groups in total. The van der Waals surface area contributed by atoms with E-state index in [2.05, 4.69) is 38.4 Å². The Morgan fingerprint density at radius 1 is 1.22 bits per heavy atom. The summed E-state index contributed by atoms with van der Waals surface area (Å²) in [7, 11) is 1.86. The van der Waals surface area contributed by atoms with Gasteiger partial charge in [0.05, 0.1) is 12.3 Å². The van der Waals surface area contributed by atoms with Crippen molar-refractivity contribution in [1.29, 1.82) is 0 Å². The Balaban J connectivity index is 1.44. The number of guanidine groups is 1. The van der Waals surface area contributed by atoms with Crippen molar-refractivity contribution in [2.45, 2.75) is 45.1 Å². The van der Waals surface area contributed by atoms with Gasteiger partial charge in [0, 0.05) is 20.1 Å². The van der Waals surface area contributed by atoms with Crippen molar-refractivity contribution in [3.63, 3.8) is 0 Å². The van der Waals surface area contributed by atoms with E-state index in [9.17, 15) is 0 Å². The lowest BCUT2D eigenvalue weighted by atomic mass is 9.97. The third-order valence-corrected chi connectivity index (χ3v) is 5.94. The number of nitrogens with one attached hydrogen (secondary N) is 2. The van der Waals surface area contributed by atoms with E-state index in [-0.39, 0.29) is 6.04 Å². The second-order valence-electron chi connectivity index (χ2n) is 7.89. The average Bonchev–Trinajstić information content (AvgIpc) is 3.40. The highest BCUT2D eigenvalue weighted by atomic mass is 16.3. The normalized spacial score (nSPS) is 21.5. The molecular formula is C21H37N5O. The Morgan fingerprint density at radius 3 is 2.63 bits per heavy atom. The van der Waals surface area contributed by atoms with E-state index >= 15 is 0 Å². The molecular weight excluding hydrogens is 338 g/mol. The highest BCUT2D eigenvalue weighted by molar-refractivity contribution is 5.79. The number of piperidine rings is 1. The highest BCUT2D eigenvalue weighted by Crippen LogP contribution is 2.24. The summed E-state index contributed by atoms with van der Waals surface area (Å²) in [5.41, 5.74) is 0. The van der Waals surface area contributed by atoms with E-state index in [1.807, 2.05) is 13.1 Å². The molecule has 0 bridgehead atoms. The van der Waals surface area contributed by atoms with E-state index in [0.29, 0.717) is 0 Å². The minimum Gasteiger partial charge on any atom is -0.468 e. The SMILES string of the molecule is CCCN1CCC(CNC(=NC)NCC(c2ccco2)N2CCCC2)CC1. The number of furan rings is 1. The number of hydrogen-bond acceptors (Lipinski definition) is 4. The summed E-state index contributed by atoms with van der Waals surface area (Å²) >= 11 is 0. The van der Waals surface area contributed by atoms with Gasteiger partial charge in [-0.15, -0.1) is 0 Å². The largest absolute Gasteiger partial charge is 0.468 e. The van der Waals surface area contributed by atoms with E-state index in [0.717, 1.165) is 43.8 Å². The molecule has 1 unspecified atom stereocenters.